The van der Waals surface area contributed by atoms with E-state index in [0.29, 0.717) is 22.2 Å². The number of esters is 1. The van der Waals surface area contributed by atoms with Gasteiger partial charge in [0.25, 0.3) is 5.91 Å². The van der Waals surface area contributed by atoms with Gasteiger partial charge in [0.05, 0.1) is 12.0 Å². The average Bonchev–Trinajstić information content (AvgIpc) is 2.75. The molecule has 1 fully saturated rings. The summed E-state index contributed by atoms with van der Waals surface area (Å²) in [6.07, 6.45) is 5.93. The number of aromatic nitrogens is 1. The molecular weight excluding hydrogens is 308 g/mol. The number of carbonyl (C=O) groups is 2. The van der Waals surface area contributed by atoms with Crippen LogP contribution >= 0.6 is 24.0 Å². The van der Waals surface area contributed by atoms with Gasteiger partial charge in [-0.2, -0.15) is 0 Å². The molecule has 1 aromatic rings. The predicted octanol–water partition coefficient (Wildman–Crippen LogP) is 2.24. The molecule has 1 aliphatic heterocycles. The Hall–Kier alpha value is -1.73. The van der Waals surface area contributed by atoms with Gasteiger partial charge in [0, 0.05) is 25.4 Å². The minimum atomic E-state index is -0.286. The molecule has 0 aromatic carbocycles. The number of methoxy groups -OCH3 is 1. The molecule has 0 unspecified atom stereocenters. The largest absolute Gasteiger partial charge is 0.469 e. The molecule has 7 heteroatoms. The van der Waals surface area contributed by atoms with Crippen LogP contribution in [0.15, 0.2) is 29.4 Å². The van der Waals surface area contributed by atoms with E-state index in [4.69, 9.17) is 12.2 Å². The normalized spacial score (nSPS) is 16.6. The first-order valence-corrected chi connectivity index (χ1v) is 7.56. The molecule has 0 saturated carbocycles. The number of hydrogen-bond acceptors (Lipinski definition) is 6. The van der Waals surface area contributed by atoms with Crippen LogP contribution in [0.25, 0.3) is 6.08 Å². The summed E-state index contributed by atoms with van der Waals surface area (Å²) in [4.78, 5) is 29.4. The summed E-state index contributed by atoms with van der Waals surface area (Å²) in [6.45, 7) is 0.421. The molecule has 1 saturated heterocycles. The van der Waals surface area contributed by atoms with Crippen LogP contribution in [-0.4, -0.2) is 39.7 Å². The third kappa shape index (κ3) is 4.12. The molecule has 1 amide bonds. The van der Waals surface area contributed by atoms with Crippen molar-refractivity contribution in [1.29, 1.82) is 0 Å². The number of nitrogens with zero attached hydrogens (tertiary/aromatic N) is 2. The summed E-state index contributed by atoms with van der Waals surface area (Å²) in [5, 5.41) is 0. The van der Waals surface area contributed by atoms with Crippen LogP contribution in [0.5, 0.6) is 0 Å². The second kappa shape index (κ2) is 7.33. The van der Waals surface area contributed by atoms with Crippen molar-refractivity contribution in [3.05, 3.63) is 35.0 Å². The minimum absolute atomic E-state index is 0.126. The highest BCUT2D eigenvalue weighted by molar-refractivity contribution is 8.26. The van der Waals surface area contributed by atoms with E-state index in [0.717, 1.165) is 5.56 Å². The Morgan fingerprint density at radius 1 is 1.57 bits per heavy atom. The Labute approximate surface area is 132 Å². The van der Waals surface area contributed by atoms with Crippen molar-refractivity contribution in [1.82, 2.24) is 9.88 Å². The van der Waals surface area contributed by atoms with Crippen molar-refractivity contribution in [2.45, 2.75) is 12.8 Å². The molecule has 21 heavy (non-hydrogen) atoms. The molecular formula is C14H14N2O3S2. The number of pyridine rings is 1. The highest BCUT2D eigenvalue weighted by Gasteiger charge is 2.31. The van der Waals surface area contributed by atoms with Crippen molar-refractivity contribution >= 4 is 46.3 Å². The summed E-state index contributed by atoms with van der Waals surface area (Å²) in [5.41, 5.74) is 0.854. The number of ether oxygens (including phenoxy) is 1. The molecule has 110 valence electrons. The monoisotopic (exact) mass is 322 g/mol. The fourth-order valence-electron chi connectivity index (χ4n) is 1.79. The van der Waals surface area contributed by atoms with Gasteiger partial charge >= 0.3 is 5.97 Å². The zero-order valence-corrected chi connectivity index (χ0v) is 13.1. The first kappa shape index (κ1) is 15.7. The lowest BCUT2D eigenvalue weighted by Crippen LogP contribution is -2.29. The van der Waals surface area contributed by atoms with Crippen molar-refractivity contribution in [3.8, 4) is 0 Å². The smallest absolute Gasteiger partial charge is 0.305 e. The number of hydrogen-bond donors (Lipinski definition) is 0. The Morgan fingerprint density at radius 3 is 3.05 bits per heavy atom. The topological polar surface area (TPSA) is 59.5 Å². The van der Waals surface area contributed by atoms with Crippen LogP contribution in [0.1, 0.15) is 18.4 Å². The third-order valence-electron chi connectivity index (χ3n) is 2.85. The fraction of sp³-hybridized carbons (Fsp3) is 0.286. The first-order chi connectivity index (χ1) is 10.1. The summed E-state index contributed by atoms with van der Waals surface area (Å²) < 4.78 is 5.08. The Kier molecular flexibility index (Phi) is 5.46. The fourth-order valence-corrected chi connectivity index (χ4v) is 3.10. The highest BCUT2D eigenvalue weighted by atomic mass is 32.2. The van der Waals surface area contributed by atoms with Gasteiger partial charge in [0.1, 0.15) is 4.32 Å². The van der Waals surface area contributed by atoms with E-state index in [1.165, 1.54) is 23.8 Å². The maximum absolute atomic E-state index is 12.3. The SMILES string of the molecule is COC(=O)CCCN1C(=O)/C(=C/c2cccnc2)SC1=S. The molecule has 1 aliphatic rings. The lowest BCUT2D eigenvalue weighted by atomic mass is 10.2. The summed E-state index contributed by atoms with van der Waals surface area (Å²) in [7, 11) is 1.35. The van der Waals surface area contributed by atoms with Crippen LogP contribution in [0.4, 0.5) is 0 Å². The molecule has 0 radical (unpaired) electrons. The number of thiocarbonyl (C=S) groups is 1. The average molecular weight is 322 g/mol. The molecule has 2 rings (SSSR count). The molecule has 0 spiro atoms. The second-order valence-electron chi connectivity index (χ2n) is 4.30. The summed E-state index contributed by atoms with van der Waals surface area (Å²) in [6, 6.07) is 3.68. The molecule has 1 aromatic heterocycles. The maximum atomic E-state index is 12.3. The van der Waals surface area contributed by atoms with Gasteiger partial charge in [0.2, 0.25) is 0 Å². The predicted molar refractivity (Wildman–Crippen MR) is 85.4 cm³/mol. The first-order valence-electron chi connectivity index (χ1n) is 6.34. The van der Waals surface area contributed by atoms with Gasteiger partial charge in [-0.05, 0) is 24.1 Å². The van der Waals surface area contributed by atoms with Crippen molar-refractivity contribution in [2.24, 2.45) is 0 Å². The van der Waals surface area contributed by atoms with Gasteiger partial charge in [-0.25, -0.2) is 0 Å². The van der Waals surface area contributed by atoms with Crippen LogP contribution in [0, 0.1) is 0 Å². The lowest BCUT2D eigenvalue weighted by molar-refractivity contribution is -0.141. The van der Waals surface area contributed by atoms with Crippen LogP contribution in [0.3, 0.4) is 0 Å². The van der Waals surface area contributed by atoms with E-state index in [9.17, 15) is 9.59 Å². The quantitative estimate of drug-likeness (QED) is 0.471. The molecule has 0 bridgehead atoms. The van der Waals surface area contributed by atoms with E-state index < -0.39 is 0 Å². The Morgan fingerprint density at radius 2 is 2.38 bits per heavy atom. The standard InChI is InChI=1S/C14H14N2O3S2/c1-19-12(17)5-3-7-16-13(18)11(21-14(16)20)8-10-4-2-6-15-9-10/h2,4,6,8-9H,3,5,7H2,1H3/b11-8-. The molecule has 0 aliphatic carbocycles. The zero-order valence-electron chi connectivity index (χ0n) is 11.4. The van der Waals surface area contributed by atoms with Gasteiger partial charge in [0.15, 0.2) is 0 Å². The molecule has 0 atom stereocenters. The number of amides is 1. The van der Waals surface area contributed by atoms with Crippen molar-refractivity contribution in [3.63, 3.8) is 0 Å². The van der Waals surface area contributed by atoms with Gasteiger partial charge in [-0.3, -0.25) is 19.5 Å². The zero-order chi connectivity index (χ0) is 15.2. The number of thioether (sulfide) groups is 1. The van der Waals surface area contributed by atoms with Crippen LogP contribution in [-0.2, 0) is 14.3 Å². The van der Waals surface area contributed by atoms with E-state index in [-0.39, 0.29) is 18.3 Å². The molecule has 2 heterocycles. The Bertz CT molecular complexity index is 587. The van der Waals surface area contributed by atoms with Crippen LogP contribution in [0.2, 0.25) is 0 Å². The maximum Gasteiger partial charge on any atom is 0.305 e. The van der Waals surface area contributed by atoms with E-state index >= 15 is 0 Å². The molecule has 0 N–H and O–H groups in total. The van der Waals surface area contributed by atoms with E-state index in [1.807, 2.05) is 12.1 Å². The Balaban J connectivity index is 2.00. The lowest BCUT2D eigenvalue weighted by Gasteiger charge is -2.13. The van der Waals surface area contributed by atoms with Gasteiger partial charge in [-0.1, -0.05) is 30.0 Å². The third-order valence-corrected chi connectivity index (χ3v) is 4.22. The summed E-state index contributed by atoms with van der Waals surface area (Å²) >= 11 is 6.48. The molecule has 5 nitrogen and oxygen atoms in total. The minimum Gasteiger partial charge on any atom is -0.469 e. The second-order valence-corrected chi connectivity index (χ2v) is 5.98. The number of rotatable bonds is 5. The van der Waals surface area contributed by atoms with Crippen molar-refractivity contribution < 1.29 is 14.3 Å². The van der Waals surface area contributed by atoms with Crippen molar-refractivity contribution in [2.75, 3.05) is 13.7 Å². The van der Waals surface area contributed by atoms with Crippen LogP contribution < -0.4 is 0 Å². The van der Waals surface area contributed by atoms with E-state index in [1.54, 1.807) is 18.5 Å². The van der Waals surface area contributed by atoms with Gasteiger partial charge < -0.3 is 4.74 Å². The number of carbonyl (C=O) groups excluding carboxylic acids is 2. The van der Waals surface area contributed by atoms with Gasteiger partial charge in [-0.15, -0.1) is 0 Å². The van der Waals surface area contributed by atoms with E-state index in [2.05, 4.69) is 9.72 Å². The summed E-state index contributed by atoms with van der Waals surface area (Å²) in [5.74, 6) is -0.412. The highest BCUT2D eigenvalue weighted by Crippen LogP contribution is 2.32.